The lowest BCUT2D eigenvalue weighted by atomic mass is 10.2. The first-order valence-corrected chi connectivity index (χ1v) is 5.04. The van der Waals surface area contributed by atoms with Gasteiger partial charge in [-0.25, -0.2) is 0 Å². The Morgan fingerprint density at radius 2 is 2.43 bits per heavy atom. The van der Waals surface area contributed by atoms with Crippen LogP contribution in [0.15, 0.2) is 22.9 Å². The first-order chi connectivity index (χ1) is 6.63. The fourth-order valence-electron chi connectivity index (χ4n) is 0.902. The van der Waals surface area contributed by atoms with Crippen LogP contribution in [0, 0.1) is 0 Å². The van der Waals surface area contributed by atoms with Crippen LogP contribution in [0.5, 0.6) is 0 Å². The molecular weight excluding hydrogens is 246 g/mol. The minimum absolute atomic E-state index is 0.0264. The van der Waals surface area contributed by atoms with Gasteiger partial charge in [-0.15, -0.1) is 0 Å². The second-order valence-corrected chi connectivity index (χ2v) is 3.92. The Hall–Kier alpha value is -0.940. The Morgan fingerprint density at radius 3 is 3.00 bits per heavy atom. The van der Waals surface area contributed by atoms with Crippen LogP contribution in [-0.4, -0.2) is 23.5 Å². The van der Waals surface area contributed by atoms with E-state index in [1.165, 1.54) is 6.20 Å². The van der Waals surface area contributed by atoms with Crippen molar-refractivity contribution >= 4 is 21.8 Å². The van der Waals surface area contributed by atoms with E-state index in [1.807, 2.05) is 6.92 Å². The smallest absolute Gasteiger partial charge is 0.253 e. The highest BCUT2D eigenvalue weighted by Crippen LogP contribution is 2.09. The second kappa shape index (κ2) is 5.07. The van der Waals surface area contributed by atoms with Gasteiger partial charge in [-0.2, -0.15) is 0 Å². The van der Waals surface area contributed by atoms with E-state index in [-0.39, 0.29) is 11.9 Å². The summed E-state index contributed by atoms with van der Waals surface area (Å²) in [4.78, 5) is 15.4. The van der Waals surface area contributed by atoms with Gasteiger partial charge >= 0.3 is 0 Å². The lowest BCUT2D eigenvalue weighted by molar-refractivity contribution is 0.0941. The molecule has 1 amide bonds. The van der Waals surface area contributed by atoms with Crippen molar-refractivity contribution < 1.29 is 4.79 Å². The molecule has 0 aliphatic carbocycles. The standard InChI is InChI=1S/C9H12BrN3O/c1-6(3-11)13-9(14)7-2-8(10)5-12-4-7/h2,4-6H,3,11H2,1H3,(H,13,14). The number of halogens is 1. The maximum absolute atomic E-state index is 11.5. The third-order valence-electron chi connectivity index (χ3n) is 1.70. The van der Waals surface area contributed by atoms with Crippen molar-refractivity contribution in [2.75, 3.05) is 6.54 Å². The zero-order chi connectivity index (χ0) is 10.6. The molecule has 0 aromatic carbocycles. The zero-order valence-corrected chi connectivity index (χ0v) is 9.41. The molecule has 0 saturated heterocycles. The molecule has 1 rings (SSSR count). The van der Waals surface area contributed by atoms with Crippen molar-refractivity contribution in [3.63, 3.8) is 0 Å². The maximum atomic E-state index is 11.5. The summed E-state index contributed by atoms with van der Waals surface area (Å²) in [6, 6.07) is 1.69. The first kappa shape index (κ1) is 11.1. The lowest BCUT2D eigenvalue weighted by Gasteiger charge is -2.10. The fraction of sp³-hybridized carbons (Fsp3) is 0.333. The van der Waals surface area contributed by atoms with E-state index < -0.39 is 0 Å². The van der Waals surface area contributed by atoms with Gasteiger partial charge in [0.25, 0.3) is 5.91 Å². The summed E-state index contributed by atoms with van der Waals surface area (Å²) in [6.07, 6.45) is 3.15. The van der Waals surface area contributed by atoms with Crippen LogP contribution in [0.2, 0.25) is 0 Å². The minimum atomic E-state index is -0.156. The van der Waals surface area contributed by atoms with Gasteiger partial charge in [0.15, 0.2) is 0 Å². The summed E-state index contributed by atoms with van der Waals surface area (Å²) in [5.41, 5.74) is 5.92. The van der Waals surface area contributed by atoms with Crippen LogP contribution in [0.25, 0.3) is 0 Å². The molecule has 1 aromatic rings. The molecule has 4 nitrogen and oxygen atoms in total. The molecule has 1 atom stereocenters. The topological polar surface area (TPSA) is 68.0 Å². The molecule has 1 heterocycles. The molecule has 0 aliphatic rings. The molecule has 0 aliphatic heterocycles. The lowest BCUT2D eigenvalue weighted by Crippen LogP contribution is -2.37. The van der Waals surface area contributed by atoms with E-state index in [0.29, 0.717) is 12.1 Å². The Morgan fingerprint density at radius 1 is 1.71 bits per heavy atom. The molecule has 0 saturated carbocycles. The van der Waals surface area contributed by atoms with Crippen molar-refractivity contribution in [3.05, 3.63) is 28.5 Å². The molecule has 3 N–H and O–H groups in total. The van der Waals surface area contributed by atoms with Gasteiger partial charge in [0.2, 0.25) is 0 Å². The molecule has 1 unspecified atom stereocenters. The fourth-order valence-corrected chi connectivity index (χ4v) is 1.27. The molecule has 1 aromatic heterocycles. The van der Waals surface area contributed by atoms with Crippen LogP contribution in [0.1, 0.15) is 17.3 Å². The highest BCUT2D eigenvalue weighted by Gasteiger charge is 2.08. The van der Waals surface area contributed by atoms with E-state index >= 15 is 0 Å². The summed E-state index contributed by atoms with van der Waals surface area (Å²) in [7, 11) is 0. The number of nitrogens with zero attached hydrogens (tertiary/aromatic N) is 1. The third kappa shape index (κ3) is 3.08. The van der Waals surface area contributed by atoms with Crippen LogP contribution in [0.3, 0.4) is 0 Å². The summed E-state index contributed by atoms with van der Waals surface area (Å²) in [6.45, 7) is 2.27. The van der Waals surface area contributed by atoms with Crippen molar-refractivity contribution in [2.45, 2.75) is 13.0 Å². The number of nitrogens with one attached hydrogen (secondary N) is 1. The number of carbonyl (C=O) groups is 1. The average molecular weight is 258 g/mol. The highest BCUT2D eigenvalue weighted by molar-refractivity contribution is 9.10. The molecule has 0 radical (unpaired) electrons. The first-order valence-electron chi connectivity index (χ1n) is 4.25. The zero-order valence-electron chi connectivity index (χ0n) is 7.83. The van der Waals surface area contributed by atoms with Gasteiger partial charge in [-0.05, 0) is 28.9 Å². The van der Waals surface area contributed by atoms with Gasteiger partial charge in [0, 0.05) is 29.5 Å². The largest absolute Gasteiger partial charge is 0.348 e. The number of rotatable bonds is 3. The quantitative estimate of drug-likeness (QED) is 0.847. The predicted octanol–water partition coefficient (Wildman–Crippen LogP) is 0.921. The third-order valence-corrected chi connectivity index (χ3v) is 2.13. The van der Waals surface area contributed by atoms with E-state index in [2.05, 4.69) is 26.2 Å². The molecule has 76 valence electrons. The molecule has 0 fully saturated rings. The number of hydrogen-bond donors (Lipinski definition) is 2. The maximum Gasteiger partial charge on any atom is 0.253 e. The normalized spacial score (nSPS) is 12.2. The average Bonchev–Trinajstić information content (AvgIpc) is 2.17. The monoisotopic (exact) mass is 257 g/mol. The Balaban J connectivity index is 2.70. The number of pyridine rings is 1. The molecule has 0 spiro atoms. The van der Waals surface area contributed by atoms with Crippen molar-refractivity contribution in [3.8, 4) is 0 Å². The van der Waals surface area contributed by atoms with E-state index in [9.17, 15) is 4.79 Å². The second-order valence-electron chi connectivity index (χ2n) is 3.00. The Labute approximate surface area is 91.0 Å². The molecular formula is C9H12BrN3O. The Bertz CT molecular complexity index is 330. The number of amides is 1. The summed E-state index contributed by atoms with van der Waals surface area (Å²) in [5, 5.41) is 2.75. The number of carbonyl (C=O) groups excluding carboxylic acids is 1. The number of aromatic nitrogens is 1. The molecule has 14 heavy (non-hydrogen) atoms. The van der Waals surface area contributed by atoms with Crippen molar-refractivity contribution in [1.29, 1.82) is 0 Å². The van der Waals surface area contributed by atoms with Crippen LogP contribution in [-0.2, 0) is 0 Å². The molecule has 5 heteroatoms. The highest BCUT2D eigenvalue weighted by atomic mass is 79.9. The van der Waals surface area contributed by atoms with Gasteiger partial charge < -0.3 is 11.1 Å². The van der Waals surface area contributed by atoms with Crippen LogP contribution < -0.4 is 11.1 Å². The number of hydrogen-bond acceptors (Lipinski definition) is 3. The van der Waals surface area contributed by atoms with Crippen LogP contribution in [0.4, 0.5) is 0 Å². The van der Waals surface area contributed by atoms with Gasteiger partial charge in [0.1, 0.15) is 0 Å². The van der Waals surface area contributed by atoms with E-state index in [4.69, 9.17) is 5.73 Å². The van der Waals surface area contributed by atoms with Gasteiger partial charge in [-0.1, -0.05) is 0 Å². The predicted molar refractivity (Wildman–Crippen MR) is 57.9 cm³/mol. The summed E-state index contributed by atoms with van der Waals surface area (Å²) >= 11 is 3.25. The van der Waals surface area contributed by atoms with Crippen LogP contribution >= 0.6 is 15.9 Å². The van der Waals surface area contributed by atoms with Gasteiger partial charge in [-0.3, -0.25) is 9.78 Å². The minimum Gasteiger partial charge on any atom is -0.348 e. The van der Waals surface area contributed by atoms with Crippen molar-refractivity contribution in [2.24, 2.45) is 5.73 Å². The summed E-state index contributed by atoms with van der Waals surface area (Å²) < 4.78 is 0.783. The van der Waals surface area contributed by atoms with Crippen molar-refractivity contribution in [1.82, 2.24) is 10.3 Å². The Kier molecular flexibility index (Phi) is 4.03. The van der Waals surface area contributed by atoms with E-state index in [1.54, 1.807) is 12.3 Å². The number of nitrogens with two attached hydrogens (primary N) is 1. The SMILES string of the molecule is CC(CN)NC(=O)c1cncc(Br)c1. The molecule has 0 bridgehead atoms. The summed E-state index contributed by atoms with van der Waals surface area (Å²) in [5.74, 6) is -0.156. The van der Waals surface area contributed by atoms with E-state index in [0.717, 1.165) is 4.47 Å². The van der Waals surface area contributed by atoms with Gasteiger partial charge in [0.05, 0.1) is 5.56 Å².